The van der Waals surface area contributed by atoms with Crippen molar-refractivity contribution in [2.75, 3.05) is 6.54 Å². The van der Waals surface area contributed by atoms with E-state index in [4.69, 9.17) is 0 Å². The lowest BCUT2D eigenvalue weighted by molar-refractivity contribution is -0.159. The lowest BCUT2D eigenvalue weighted by Crippen LogP contribution is -2.27. The fraction of sp³-hybridized carbons (Fsp3) is 0.158. The van der Waals surface area contributed by atoms with Crippen LogP contribution in [0.2, 0.25) is 0 Å². The molecule has 0 aliphatic rings. The van der Waals surface area contributed by atoms with Crippen molar-refractivity contribution in [3.05, 3.63) is 66.1 Å². The molecule has 0 unspecified atom stereocenters. The number of carbonyl (C=O) groups is 1. The van der Waals surface area contributed by atoms with Crippen molar-refractivity contribution < 1.29 is 26.9 Å². The molecule has 1 amide bonds. The van der Waals surface area contributed by atoms with E-state index in [2.05, 4.69) is 25.0 Å². The van der Waals surface area contributed by atoms with Gasteiger partial charge in [-0.1, -0.05) is 17.3 Å². The number of rotatable bonds is 5. The number of alkyl halides is 3. The maximum Gasteiger partial charge on any atom is 0.471 e. The number of nitrogens with zero attached hydrogens (tertiary/aromatic N) is 4. The second kappa shape index (κ2) is 7.58. The van der Waals surface area contributed by atoms with Gasteiger partial charge in [0.05, 0.1) is 22.9 Å². The van der Waals surface area contributed by atoms with E-state index in [9.17, 15) is 22.4 Å². The molecule has 1 N–H and O–H groups in total. The molecule has 7 nitrogen and oxygen atoms in total. The molecular formula is C19H13F4N5O2. The molecule has 2 heterocycles. The normalized spacial score (nSPS) is 11.7. The largest absolute Gasteiger partial charge is 0.471 e. The first-order valence-corrected chi connectivity index (χ1v) is 8.72. The number of amides is 1. The molecule has 0 atom stereocenters. The number of nitrogens with one attached hydrogen (secondary N) is 1. The maximum absolute atomic E-state index is 13.7. The zero-order valence-corrected chi connectivity index (χ0v) is 15.2. The third-order valence-corrected chi connectivity index (χ3v) is 4.30. The number of hydrogen-bond donors (Lipinski definition) is 1. The van der Waals surface area contributed by atoms with Crippen LogP contribution in [0, 0.1) is 5.82 Å². The van der Waals surface area contributed by atoms with Crippen LogP contribution in [-0.4, -0.2) is 32.1 Å². The van der Waals surface area contributed by atoms with Crippen molar-refractivity contribution in [3.8, 4) is 11.4 Å². The van der Waals surface area contributed by atoms with Gasteiger partial charge in [0.25, 0.3) is 5.91 Å². The van der Waals surface area contributed by atoms with Crippen molar-refractivity contribution in [1.82, 2.24) is 25.0 Å². The molecule has 2 aromatic heterocycles. The minimum Gasteiger partial charge on any atom is -0.350 e. The lowest BCUT2D eigenvalue weighted by Gasteiger charge is -2.08. The van der Waals surface area contributed by atoms with Crippen molar-refractivity contribution in [3.63, 3.8) is 0 Å². The Balaban J connectivity index is 1.50. The topological polar surface area (TPSA) is 85.8 Å². The highest BCUT2D eigenvalue weighted by molar-refractivity contribution is 5.94. The van der Waals surface area contributed by atoms with Gasteiger partial charge in [-0.15, -0.1) is 0 Å². The summed E-state index contributed by atoms with van der Waals surface area (Å²) >= 11 is 0. The van der Waals surface area contributed by atoms with Crippen molar-refractivity contribution in [2.45, 2.75) is 12.7 Å². The fourth-order valence-corrected chi connectivity index (χ4v) is 2.86. The van der Waals surface area contributed by atoms with Crippen molar-refractivity contribution in [1.29, 1.82) is 0 Å². The minimum absolute atomic E-state index is 0.0622. The Bertz CT molecular complexity index is 1220. The Hall–Kier alpha value is -3.76. The van der Waals surface area contributed by atoms with E-state index in [-0.39, 0.29) is 17.9 Å². The first-order chi connectivity index (χ1) is 14.3. The molecule has 0 fully saturated rings. The van der Waals surface area contributed by atoms with E-state index in [0.29, 0.717) is 23.1 Å². The van der Waals surface area contributed by atoms with Crippen LogP contribution in [0.15, 0.2) is 53.3 Å². The van der Waals surface area contributed by atoms with Gasteiger partial charge in [-0.2, -0.15) is 18.2 Å². The molecule has 0 bridgehead atoms. The third-order valence-electron chi connectivity index (χ3n) is 4.30. The summed E-state index contributed by atoms with van der Waals surface area (Å²) in [5.41, 5.74) is 1.46. The second-order valence-electron chi connectivity index (χ2n) is 6.30. The first kappa shape index (κ1) is 19.6. The van der Waals surface area contributed by atoms with E-state index < -0.39 is 23.8 Å². The summed E-state index contributed by atoms with van der Waals surface area (Å²) in [5.74, 6) is -2.80. The molecule has 0 aliphatic carbocycles. The van der Waals surface area contributed by atoms with Gasteiger partial charge in [-0.25, -0.2) is 9.37 Å². The summed E-state index contributed by atoms with van der Waals surface area (Å²) in [5, 5.41) is 5.99. The monoisotopic (exact) mass is 419 g/mol. The molecule has 154 valence electrons. The van der Waals surface area contributed by atoms with E-state index in [1.54, 1.807) is 22.8 Å². The predicted molar refractivity (Wildman–Crippen MR) is 96.8 cm³/mol. The molecule has 0 spiro atoms. The number of carbonyl (C=O) groups excluding carboxylic acids is 1. The van der Waals surface area contributed by atoms with Crippen LogP contribution in [0.1, 0.15) is 16.2 Å². The van der Waals surface area contributed by atoms with Gasteiger partial charge in [0, 0.05) is 18.7 Å². The summed E-state index contributed by atoms with van der Waals surface area (Å²) in [6, 6.07) is 10.3. The summed E-state index contributed by atoms with van der Waals surface area (Å²) in [6.07, 6.45) is -3.20. The van der Waals surface area contributed by atoms with Crippen LogP contribution >= 0.6 is 0 Å². The van der Waals surface area contributed by atoms with Crippen LogP contribution in [0.3, 0.4) is 0 Å². The molecule has 0 aliphatic heterocycles. The van der Waals surface area contributed by atoms with Gasteiger partial charge in [0.1, 0.15) is 5.82 Å². The van der Waals surface area contributed by atoms with E-state index in [1.165, 1.54) is 30.6 Å². The van der Waals surface area contributed by atoms with Crippen molar-refractivity contribution in [2.24, 2.45) is 0 Å². The van der Waals surface area contributed by atoms with Crippen LogP contribution in [0.4, 0.5) is 17.6 Å². The van der Waals surface area contributed by atoms with E-state index in [0.717, 1.165) is 0 Å². The molecule has 2 aromatic carbocycles. The Kier molecular flexibility index (Phi) is 4.94. The van der Waals surface area contributed by atoms with Gasteiger partial charge in [0.2, 0.25) is 5.82 Å². The summed E-state index contributed by atoms with van der Waals surface area (Å²) in [4.78, 5) is 19.7. The summed E-state index contributed by atoms with van der Waals surface area (Å²) < 4.78 is 57.6. The van der Waals surface area contributed by atoms with E-state index in [1.807, 2.05) is 0 Å². The van der Waals surface area contributed by atoms with Crippen molar-refractivity contribution >= 4 is 16.9 Å². The highest BCUT2D eigenvalue weighted by Gasteiger charge is 2.38. The number of hydrogen-bond acceptors (Lipinski definition) is 5. The van der Waals surface area contributed by atoms with Gasteiger partial charge in [-0.05, 0) is 30.3 Å². The van der Waals surface area contributed by atoms with Crippen LogP contribution in [-0.2, 0) is 12.7 Å². The standard InChI is InChI=1S/C19H13F4N5O2/c20-13-4-2-1-3-12(13)17(29)24-7-8-28-10-25-14-6-5-11(9-15(14)28)16-26-18(30-27-16)19(21,22)23/h1-6,9-10H,7-8H2,(H,24,29). The number of aromatic nitrogens is 4. The maximum atomic E-state index is 13.7. The lowest BCUT2D eigenvalue weighted by atomic mass is 10.2. The molecular weight excluding hydrogens is 406 g/mol. The minimum atomic E-state index is -4.73. The molecule has 30 heavy (non-hydrogen) atoms. The van der Waals surface area contributed by atoms with Gasteiger partial charge >= 0.3 is 12.1 Å². The van der Waals surface area contributed by atoms with Gasteiger partial charge < -0.3 is 14.4 Å². The number of fused-ring (bicyclic) bond motifs is 1. The average molecular weight is 419 g/mol. The summed E-state index contributed by atoms with van der Waals surface area (Å²) in [6.45, 7) is 0.490. The smallest absolute Gasteiger partial charge is 0.350 e. The Morgan fingerprint density at radius 1 is 1.17 bits per heavy atom. The molecule has 0 radical (unpaired) electrons. The Morgan fingerprint density at radius 3 is 2.70 bits per heavy atom. The highest BCUT2D eigenvalue weighted by Crippen LogP contribution is 2.30. The Morgan fingerprint density at radius 2 is 1.97 bits per heavy atom. The highest BCUT2D eigenvalue weighted by atomic mass is 19.4. The number of benzene rings is 2. The van der Waals surface area contributed by atoms with Crippen LogP contribution in [0.5, 0.6) is 0 Å². The number of halogens is 4. The zero-order valence-electron chi connectivity index (χ0n) is 15.2. The molecule has 0 saturated carbocycles. The summed E-state index contributed by atoms with van der Waals surface area (Å²) in [7, 11) is 0. The Labute approximate surface area is 166 Å². The quantitative estimate of drug-likeness (QED) is 0.499. The molecule has 0 saturated heterocycles. The van der Waals surface area contributed by atoms with Crippen LogP contribution in [0.25, 0.3) is 22.4 Å². The van der Waals surface area contributed by atoms with Crippen LogP contribution < -0.4 is 5.32 Å². The van der Waals surface area contributed by atoms with E-state index >= 15 is 0 Å². The number of imidazole rings is 1. The first-order valence-electron chi connectivity index (χ1n) is 8.72. The zero-order chi connectivity index (χ0) is 21.3. The SMILES string of the molecule is O=C(NCCn1cnc2ccc(-c3noc(C(F)(F)F)n3)cc21)c1ccccc1F. The molecule has 4 rings (SSSR count). The van der Waals surface area contributed by atoms with Gasteiger partial charge in [-0.3, -0.25) is 4.79 Å². The molecule has 11 heteroatoms. The predicted octanol–water partition coefficient (Wildman–Crippen LogP) is 3.67. The third kappa shape index (κ3) is 3.86. The van der Waals surface area contributed by atoms with Gasteiger partial charge in [0.15, 0.2) is 0 Å². The molecule has 4 aromatic rings. The average Bonchev–Trinajstić information content (AvgIpc) is 3.35. The second-order valence-corrected chi connectivity index (χ2v) is 6.30. The fourth-order valence-electron chi connectivity index (χ4n) is 2.86.